The lowest BCUT2D eigenvalue weighted by atomic mass is 9.87. The molecule has 2 heteroatoms. The van der Waals surface area contributed by atoms with Crippen LogP contribution in [0.25, 0.3) is 76.8 Å². The second-order valence-electron chi connectivity index (χ2n) is 11.6. The van der Waals surface area contributed by atoms with Gasteiger partial charge < -0.3 is 0 Å². The molecule has 0 amide bonds. The molecule has 0 aliphatic rings. The van der Waals surface area contributed by atoms with Crippen molar-refractivity contribution in [1.29, 1.82) is 10.5 Å². The fourth-order valence-electron chi connectivity index (χ4n) is 6.70. The molecule has 46 heavy (non-hydrogen) atoms. The molecule has 0 aromatic heterocycles. The van der Waals surface area contributed by atoms with E-state index in [9.17, 15) is 10.5 Å². The van der Waals surface area contributed by atoms with Crippen LogP contribution < -0.4 is 0 Å². The summed E-state index contributed by atoms with van der Waals surface area (Å²) in [6, 6.07) is 59.3. The Balaban J connectivity index is 1.36. The van der Waals surface area contributed by atoms with E-state index in [4.69, 9.17) is 0 Å². The minimum atomic E-state index is 0.655. The third kappa shape index (κ3) is 4.67. The Hall–Kier alpha value is -6.48. The molecule has 8 aromatic carbocycles. The van der Waals surface area contributed by atoms with Crippen LogP contribution in [0.1, 0.15) is 11.1 Å². The fraction of sp³-hybridized carbons (Fsp3) is 0. The van der Waals surface area contributed by atoms with Crippen LogP contribution in [0.15, 0.2) is 158 Å². The van der Waals surface area contributed by atoms with Crippen LogP contribution in [0.5, 0.6) is 0 Å². The summed E-state index contributed by atoms with van der Waals surface area (Å²) in [6.45, 7) is 0. The van der Waals surface area contributed by atoms with Crippen molar-refractivity contribution in [2.75, 3.05) is 0 Å². The van der Waals surface area contributed by atoms with Gasteiger partial charge >= 0.3 is 0 Å². The summed E-state index contributed by atoms with van der Waals surface area (Å²) in [5.41, 5.74) is 10.2. The van der Waals surface area contributed by atoms with Gasteiger partial charge in [-0.05, 0) is 125 Å². The third-order valence-corrected chi connectivity index (χ3v) is 8.88. The summed E-state index contributed by atoms with van der Waals surface area (Å²) in [7, 11) is 0. The molecule has 0 bridgehead atoms. The minimum absolute atomic E-state index is 0.655. The number of benzene rings is 8. The molecule has 0 N–H and O–H groups in total. The maximum Gasteiger partial charge on any atom is 0.0991 e. The van der Waals surface area contributed by atoms with Crippen LogP contribution in [0.3, 0.4) is 0 Å². The fourth-order valence-corrected chi connectivity index (χ4v) is 6.70. The molecule has 0 saturated heterocycles. The van der Waals surface area contributed by atoms with Gasteiger partial charge in [-0.1, -0.05) is 109 Å². The quantitative estimate of drug-likeness (QED) is 0.194. The van der Waals surface area contributed by atoms with E-state index in [1.165, 1.54) is 43.4 Å². The van der Waals surface area contributed by atoms with Crippen molar-refractivity contribution in [2.45, 2.75) is 0 Å². The van der Waals surface area contributed by atoms with Crippen molar-refractivity contribution < 1.29 is 0 Å². The molecule has 2 nitrogen and oxygen atoms in total. The van der Waals surface area contributed by atoms with Gasteiger partial charge in [-0.2, -0.15) is 10.5 Å². The lowest BCUT2D eigenvalue weighted by Gasteiger charge is -2.17. The summed E-state index contributed by atoms with van der Waals surface area (Å²) in [4.78, 5) is 0. The van der Waals surface area contributed by atoms with E-state index in [-0.39, 0.29) is 0 Å². The molecule has 0 atom stereocenters. The van der Waals surface area contributed by atoms with Gasteiger partial charge in [0.1, 0.15) is 0 Å². The number of hydrogen-bond acceptors (Lipinski definition) is 2. The summed E-state index contributed by atoms with van der Waals surface area (Å²) in [6.07, 6.45) is 0. The number of nitriles is 2. The normalized spacial score (nSPS) is 11.0. The van der Waals surface area contributed by atoms with Gasteiger partial charge in [-0.3, -0.25) is 0 Å². The van der Waals surface area contributed by atoms with Gasteiger partial charge in [-0.15, -0.1) is 0 Å². The first-order chi connectivity index (χ1) is 22.7. The zero-order chi connectivity index (χ0) is 31.0. The summed E-state index contributed by atoms with van der Waals surface area (Å²) in [5, 5.41) is 26.2. The van der Waals surface area contributed by atoms with Crippen molar-refractivity contribution in [1.82, 2.24) is 0 Å². The SMILES string of the molecule is N#Cc1cccc(-c2cccc(-c3cc4c5ccccc5c(-c5cccc(-c6cccc(C#N)c6)c5)cc4c4ccccc34)c2)c1. The Bertz CT molecular complexity index is 2380. The van der Waals surface area contributed by atoms with E-state index in [2.05, 4.69) is 133 Å². The van der Waals surface area contributed by atoms with E-state index < -0.39 is 0 Å². The van der Waals surface area contributed by atoms with Crippen molar-refractivity contribution in [3.8, 4) is 56.6 Å². The number of rotatable bonds is 4. The van der Waals surface area contributed by atoms with E-state index in [0.717, 1.165) is 33.4 Å². The second-order valence-corrected chi connectivity index (χ2v) is 11.6. The largest absolute Gasteiger partial charge is 0.192 e. The highest BCUT2D eigenvalue weighted by molar-refractivity contribution is 6.23. The van der Waals surface area contributed by atoms with E-state index >= 15 is 0 Å². The first-order valence-corrected chi connectivity index (χ1v) is 15.3. The van der Waals surface area contributed by atoms with E-state index in [0.29, 0.717) is 11.1 Å². The van der Waals surface area contributed by atoms with Gasteiger partial charge in [0.15, 0.2) is 0 Å². The monoisotopic (exact) mass is 582 g/mol. The highest BCUT2D eigenvalue weighted by Gasteiger charge is 2.15. The maximum atomic E-state index is 9.46. The van der Waals surface area contributed by atoms with Gasteiger partial charge in [0.05, 0.1) is 23.3 Å². The molecule has 8 rings (SSSR count). The number of nitrogens with zero attached hydrogens (tertiary/aromatic N) is 2. The van der Waals surface area contributed by atoms with Crippen LogP contribution in [-0.4, -0.2) is 0 Å². The average molecular weight is 583 g/mol. The van der Waals surface area contributed by atoms with Crippen molar-refractivity contribution in [3.63, 3.8) is 0 Å². The molecule has 8 aromatic rings. The summed E-state index contributed by atoms with van der Waals surface area (Å²) in [5.74, 6) is 0. The Kier molecular flexibility index (Phi) is 6.61. The van der Waals surface area contributed by atoms with Crippen LogP contribution in [-0.2, 0) is 0 Å². The molecule has 0 spiro atoms. The summed E-state index contributed by atoms with van der Waals surface area (Å²) < 4.78 is 0. The van der Waals surface area contributed by atoms with Crippen LogP contribution >= 0.6 is 0 Å². The van der Waals surface area contributed by atoms with Crippen LogP contribution in [0, 0.1) is 22.7 Å². The van der Waals surface area contributed by atoms with Crippen molar-refractivity contribution >= 4 is 32.3 Å². The zero-order valence-electron chi connectivity index (χ0n) is 24.9. The highest BCUT2D eigenvalue weighted by atomic mass is 14.2. The molecular formula is C44H26N2. The molecule has 0 aliphatic carbocycles. The van der Waals surface area contributed by atoms with Crippen LogP contribution in [0.2, 0.25) is 0 Å². The molecular weight excluding hydrogens is 556 g/mol. The van der Waals surface area contributed by atoms with Gasteiger partial charge in [-0.25, -0.2) is 0 Å². The molecule has 0 fully saturated rings. The zero-order valence-corrected chi connectivity index (χ0v) is 24.9. The standard InChI is InChI=1S/C44H26N2/c45-27-29-9-5-11-31(21-29)33-13-7-15-35(23-33)41-25-44-40-20-4-2-18-38(40)42(26-43(44)39-19-3-1-17-37(39)41)36-16-8-14-34(24-36)32-12-6-10-30(22-32)28-46/h1-26H. The average Bonchev–Trinajstić information content (AvgIpc) is 3.14. The Morgan fingerprint density at radius 3 is 1.04 bits per heavy atom. The third-order valence-electron chi connectivity index (χ3n) is 8.88. The number of fused-ring (bicyclic) bond motifs is 5. The predicted octanol–water partition coefficient (Wildman–Crippen LogP) is 11.6. The first-order valence-electron chi connectivity index (χ1n) is 15.3. The molecule has 0 saturated carbocycles. The van der Waals surface area contributed by atoms with Crippen molar-refractivity contribution in [3.05, 3.63) is 169 Å². The molecule has 0 radical (unpaired) electrons. The van der Waals surface area contributed by atoms with Gasteiger partial charge in [0, 0.05) is 0 Å². The molecule has 0 aliphatic heterocycles. The lowest BCUT2D eigenvalue weighted by molar-refractivity contribution is 1.48. The number of hydrogen-bond donors (Lipinski definition) is 0. The maximum absolute atomic E-state index is 9.46. The molecule has 212 valence electrons. The minimum Gasteiger partial charge on any atom is -0.192 e. The second kappa shape index (κ2) is 11.2. The topological polar surface area (TPSA) is 47.6 Å². The molecule has 0 heterocycles. The molecule has 0 unspecified atom stereocenters. The van der Waals surface area contributed by atoms with Gasteiger partial charge in [0.2, 0.25) is 0 Å². The predicted molar refractivity (Wildman–Crippen MR) is 190 cm³/mol. The van der Waals surface area contributed by atoms with Crippen molar-refractivity contribution in [2.24, 2.45) is 0 Å². The lowest BCUT2D eigenvalue weighted by Crippen LogP contribution is -1.90. The Labute approximate surface area is 267 Å². The first kappa shape index (κ1) is 27.1. The van der Waals surface area contributed by atoms with Gasteiger partial charge in [0.25, 0.3) is 0 Å². The van der Waals surface area contributed by atoms with E-state index in [1.807, 2.05) is 36.4 Å². The Morgan fingerprint density at radius 1 is 0.283 bits per heavy atom. The Morgan fingerprint density at radius 2 is 0.630 bits per heavy atom. The highest BCUT2D eigenvalue weighted by Crippen LogP contribution is 2.42. The summed E-state index contributed by atoms with van der Waals surface area (Å²) >= 11 is 0. The smallest absolute Gasteiger partial charge is 0.0991 e. The van der Waals surface area contributed by atoms with E-state index in [1.54, 1.807) is 0 Å². The van der Waals surface area contributed by atoms with Crippen LogP contribution in [0.4, 0.5) is 0 Å².